The van der Waals surface area contributed by atoms with Crippen molar-refractivity contribution in [2.75, 3.05) is 14.2 Å². The van der Waals surface area contributed by atoms with Crippen LogP contribution in [0.3, 0.4) is 0 Å². The third kappa shape index (κ3) is 2.40. The lowest BCUT2D eigenvalue weighted by Crippen LogP contribution is -2.27. The van der Waals surface area contributed by atoms with Gasteiger partial charge in [0.05, 0.1) is 30.9 Å². The molecule has 0 unspecified atom stereocenters. The Morgan fingerprint density at radius 3 is 1.94 bits per heavy atom. The van der Waals surface area contributed by atoms with Gasteiger partial charge in [-0.3, -0.25) is 9.59 Å². The molecule has 0 amide bonds. The first-order valence-corrected chi connectivity index (χ1v) is 9.45. The van der Waals surface area contributed by atoms with Crippen LogP contribution in [-0.2, 0) is 9.47 Å². The summed E-state index contributed by atoms with van der Waals surface area (Å²) in [7, 11) is 2.33. The number of ether oxygens (including phenoxy) is 2. The van der Waals surface area contributed by atoms with Gasteiger partial charge in [0.15, 0.2) is 11.6 Å². The third-order valence-electron chi connectivity index (χ3n) is 5.61. The normalized spacial score (nSPS) is 12.6. The Balaban J connectivity index is 2.09. The fourth-order valence-electron chi connectivity index (χ4n) is 4.30. The summed E-state index contributed by atoms with van der Waals surface area (Å²) in [6.45, 7) is 0. The molecule has 1 N–H and O–H groups in total. The summed E-state index contributed by atoms with van der Waals surface area (Å²) in [6, 6.07) is 13.6. The highest BCUT2D eigenvalue weighted by Crippen LogP contribution is 2.41. The van der Waals surface area contributed by atoms with Gasteiger partial charge in [-0.25, -0.2) is 9.59 Å². The number of fused-ring (bicyclic) bond motifs is 6. The molecule has 1 heterocycles. The predicted octanol–water partition coefficient (Wildman–Crippen LogP) is 3.67. The van der Waals surface area contributed by atoms with Gasteiger partial charge < -0.3 is 14.5 Å². The van der Waals surface area contributed by atoms with Crippen molar-refractivity contribution < 1.29 is 28.7 Å². The van der Waals surface area contributed by atoms with Gasteiger partial charge in [-0.15, -0.1) is 0 Å². The van der Waals surface area contributed by atoms with Crippen molar-refractivity contribution in [3.05, 3.63) is 81.9 Å². The molecule has 31 heavy (non-hydrogen) atoms. The molecule has 3 aromatic carbocycles. The molecule has 0 saturated carbocycles. The summed E-state index contributed by atoms with van der Waals surface area (Å²) in [6.07, 6.45) is 0. The lowest BCUT2D eigenvalue weighted by Gasteiger charge is -2.22. The maximum absolute atomic E-state index is 13.6. The molecule has 4 aromatic rings. The molecule has 1 aliphatic rings. The second-order valence-electron chi connectivity index (χ2n) is 7.11. The van der Waals surface area contributed by atoms with E-state index in [1.165, 1.54) is 13.2 Å². The molecule has 7 nitrogen and oxygen atoms in total. The Labute approximate surface area is 175 Å². The number of rotatable bonds is 2. The van der Waals surface area contributed by atoms with Crippen LogP contribution < -0.4 is 0 Å². The number of carbonyl (C=O) groups excluding carboxylic acids is 4. The number of ketones is 2. The van der Waals surface area contributed by atoms with E-state index in [-0.39, 0.29) is 38.9 Å². The van der Waals surface area contributed by atoms with Crippen LogP contribution in [0, 0.1) is 0 Å². The maximum atomic E-state index is 13.6. The van der Waals surface area contributed by atoms with E-state index in [1.54, 1.807) is 42.5 Å². The molecular weight excluding hydrogens is 398 g/mol. The SMILES string of the molecule is COC(=O)c1c2c(c3c([nH]c4ccccc43)c1C(=O)OC)C(=O)c1ccccc1C2=O. The van der Waals surface area contributed by atoms with Crippen molar-refractivity contribution in [1.29, 1.82) is 0 Å². The van der Waals surface area contributed by atoms with Crippen LogP contribution in [0.2, 0.25) is 0 Å². The molecule has 0 saturated heterocycles. The Kier molecular flexibility index (Phi) is 4.01. The first-order valence-electron chi connectivity index (χ1n) is 9.45. The van der Waals surface area contributed by atoms with Gasteiger partial charge in [-0.1, -0.05) is 42.5 Å². The zero-order valence-electron chi connectivity index (χ0n) is 16.6. The van der Waals surface area contributed by atoms with Crippen molar-refractivity contribution in [2.24, 2.45) is 0 Å². The minimum Gasteiger partial charge on any atom is -0.465 e. The second-order valence-corrected chi connectivity index (χ2v) is 7.11. The Morgan fingerprint density at radius 2 is 1.29 bits per heavy atom. The van der Waals surface area contributed by atoms with Gasteiger partial charge in [0, 0.05) is 38.5 Å². The van der Waals surface area contributed by atoms with Gasteiger partial charge in [0.25, 0.3) is 0 Å². The van der Waals surface area contributed by atoms with Crippen molar-refractivity contribution in [3.8, 4) is 0 Å². The van der Waals surface area contributed by atoms with E-state index in [0.29, 0.717) is 16.3 Å². The lowest BCUT2D eigenvalue weighted by atomic mass is 9.78. The minimum absolute atomic E-state index is 0.0733. The molecule has 0 aliphatic heterocycles. The largest absolute Gasteiger partial charge is 0.465 e. The van der Waals surface area contributed by atoms with Crippen LogP contribution >= 0.6 is 0 Å². The first kappa shape index (κ1) is 18.7. The molecule has 0 fully saturated rings. The Hall–Kier alpha value is -4.26. The third-order valence-corrected chi connectivity index (χ3v) is 5.61. The van der Waals surface area contributed by atoms with Crippen molar-refractivity contribution in [3.63, 3.8) is 0 Å². The molecule has 1 aromatic heterocycles. The number of hydrogen-bond acceptors (Lipinski definition) is 6. The molecule has 152 valence electrons. The van der Waals surface area contributed by atoms with Crippen LogP contribution in [0.5, 0.6) is 0 Å². The van der Waals surface area contributed by atoms with Crippen LogP contribution in [0.25, 0.3) is 21.8 Å². The summed E-state index contributed by atoms with van der Waals surface area (Å²) in [5.74, 6) is -2.65. The van der Waals surface area contributed by atoms with E-state index in [4.69, 9.17) is 9.47 Å². The van der Waals surface area contributed by atoms with Crippen LogP contribution in [0.4, 0.5) is 0 Å². The molecule has 0 spiro atoms. The molecule has 0 bridgehead atoms. The van der Waals surface area contributed by atoms with E-state index in [9.17, 15) is 19.2 Å². The fourth-order valence-corrected chi connectivity index (χ4v) is 4.30. The Morgan fingerprint density at radius 1 is 0.742 bits per heavy atom. The first-order chi connectivity index (χ1) is 15.0. The number of H-pyrrole nitrogens is 1. The van der Waals surface area contributed by atoms with E-state index in [2.05, 4.69) is 4.98 Å². The second kappa shape index (κ2) is 6.63. The van der Waals surface area contributed by atoms with Crippen LogP contribution in [0.15, 0.2) is 48.5 Å². The van der Waals surface area contributed by atoms with Crippen molar-refractivity contribution >= 4 is 45.3 Å². The number of benzene rings is 3. The van der Waals surface area contributed by atoms with E-state index in [0.717, 1.165) is 7.11 Å². The Bertz CT molecular complexity index is 1480. The number of carbonyl (C=O) groups is 4. The molecule has 0 atom stereocenters. The number of nitrogens with one attached hydrogen (secondary N) is 1. The summed E-state index contributed by atoms with van der Waals surface area (Å²) in [4.78, 5) is 55.9. The molecular formula is C24H15NO6. The highest BCUT2D eigenvalue weighted by Gasteiger charge is 2.40. The summed E-state index contributed by atoms with van der Waals surface area (Å²) < 4.78 is 9.84. The van der Waals surface area contributed by atoms with Crippen molar-refractivity contribution in [2.45, 2.75) is 0 Å². The van der Waals surface area contributed by atoms with Gasteiger partial charge >= 0.3 is 11.9 Å². The number of hydrogen-bond donors (Lipinski definition) is 1. The summed E-state index contributed by atoms with van der Waals surface area (Å²) in [5.41, 5.74) is 0.806. The average molecular weight is 413 g/mol. The zero-order valence-corrected chi connectivity index (χ0v) is 16.6. The lowest BCUT2D eigenvalue weighted by molar-refractivity contribution is 0.0555. The van der Waals surface area contributed by atoms with Gasteiger partial charge in [0.2, 0.25) is 0 Å². The number of para-hydroxylation sites is 1. The zero-order chi connectivity index (χ0) is 21.9. The van der Waals surface area contributed by atoms with E-state index < -0.39 is 23.5 Å². The topological polar surface area (TPSA) is 103 Å². The van der Waals surface area contributed by atoms with Gasteiger partial charge in [-0.05, 0) is 6.07 Å². The quantitative estimate of drug-likeness (QED) is 0.443. The molecule has 0 radical (unpaired) electrons. The standard InChI is InChI=1S/C24H15NO6/c1-30-23(28)18-17-16(21(26)11-7-3-4-8-12(11)22(17)27)15-13-9-5-6-10-14(13)25-20(15)19(18)24(29)31-2/h3-10,25H,1-2H3. The number of esters is 2. The molecule has 5 rings (SSSR count). The number of aromatic amines is 1. The van der Waals surface area contributed by atoms with E-state index in [1.807, 2.05) is 0 Å². The molecule has 7 heteroatoms. The van der Waals surface area contributed by atoms with Gasteiger partial charge in [-0.2, -0.15) is 0 Å². The van der Waals surface area contributed by atoms with Crippen LogP contribution in [-0.4, -0.2) is 42.7 Å². The highest BCUT2D eigenvalue weighted by molar-refractivity contribution is 6.38. The van der Waals surface area contributed by atoms with E-state index >= 15 is 0 Å². The predicted molar refractivity (Wildman–Crippen MR) is 112 cm³/mol. The fraction of sp³-hybridized carbons (Fsp3) is 0.0833. The van der Waals surface area contributed by atoms with Crippen molar-refractivity contribution in [1.82, 2.24) is 4.98 Å². The highest BCUT2D eigenvalue weighted by atomic mass is 16.5. The number of methoxy groups -OCH3 is 2. The number of aromatic nitrogens is 1. The summed E-state index contributed by atoms with van der Waals surface area (Å²) in [5, 5.41) is 1.04. The monoisotopic (exact) mass is 413 g/mol. The van der Waals surface area contributed by atoms with Gasteiger partial charge in [0.1, 0.15) is 0 Å². The minimum atomic E-state index is -0.905. The average Bonchev–Trinajstić information content (AvgIpc) is 3.19. The molecule has 1 aliphatic carbocycles. The smallest absolute Gasteiger partial charge is 0.340 e. The summed E-state index contributed by atoms with van der Waals surface area (Å²) >= 11 is 0. The maximum Gasteiger partial charge on any atom is 0.340 e. The van der Waals surface area contributed by atoms with Crippen LogP contribution in [0.1, 0.15) is 52.6 Å².